The van der Waals surface area contributed by atoms with Crippen LogP contribution in [-0.2, 0) is 0 Å². The van der Waals surface area contributed by atoms with Gasteiger partial charge in [0.1, 0.15) is 5.76 Å². The van der Waals surface area contributed by atoms with E-state index in [0.717, 1.165) is 18.6 Å². The summed E-state index contributed by atoms with van der Waals surface area (Å²) in [6, 6.07) is 4.39. The predicted molar refractivity (Wildman–Crippen MR) is 56.0 cm³/mol. The minimum atomic E-state index is 0.231. The number of hydrogen-bond donors (Lipinski definition) is 0. The fraction of sp³-hybridized carbons (Fsp3) is 0.545. The van der Waals surface area contributed by atoms with Crippen molar-refractivity contribution < 1.29 is 4.42 Å². The summed E-state index contributed by atoms with van der Waals surface area (Å²) < 4.78 is 5.24. The Kier molecular flexibility index (Phi) is 2.83. The molecular weight excluding hydrogens is 194 g/mol. The molecule has 0 saturated heterocycles. The van der Waals surface area contributed by atoms with Gasteiger partial charge in [-0.05, 0) is 25.8 Å². The third-order valence-corrected chi connectivity index (χ3v) is 4.25. The Morgan fingerprint density at radius 3 is 3.07 bits per heavy atom. The van der Waals surface area contributed by atoms with E-state index in [4.69, 9.17) is 9.68 Å². The molecule has 2 nitrogen and oxygen atoms in total. The molecule has 14 heavy (non-hydrogen) atoms. The maximum Gasteiger partial charge on any atom is 0.114 e. The third-order valence-electron chi connectivity index (χ3n) is 2.71. The van der Waals surface area contributed by atoms with Crippen molar-refractivity contribution in [2.45, 2.75) is 36.3 Å². The van der Waals surface area contributed by atoms with Crippen LogP contribution in [0, 0.1) is 24.2 Å². The second kappa shape index (κ2) is 4.10. The van der Waals surface area contributed by atoms with Crippen molar-refractivity contribution >= 4 is 11.8 Å². The fourth-order valence-electron chi connectivity index (χ4n) is 1.87. The van der Waals surface area contributed by atoms with Gasteiger partial charge in [-0.15, -0.1) is 11.8 Å². The smallest absolute Gasteiger partial charge is 0.114 e. The van der Waals surface area contributed by atoms with Gasteiger partial charge in [0.15, 0.2) is 0 Å². The first-order valence-corrected chi connectivity index (χ1v) is 5.79. The van der Waals surface area contributed by atoms with Gasteiger partial charge < -0.3 is 4.42 Å². The quantitative estimate of drug-likeness (QED) is 0.746. The average molecular weight is 207 g/mol. The number of nitrogens with zero attached hydrogens (tertiary/aromatic N) is 1. The molecule has 0 bridgehead atoms. The van der Waals surface area contributed by atoms with Crippen molar-refractivity contribution in [2.24, 2.45) is 5.92 Å². The van der Waals surface area contributed by atoms with E-state index in [-0.39, 0.29) is 5.92 Å². The highest BCUT2D eigenvalue weighted by Gasteiger charge is 2.28. The van der Waals surface area contributed by atoms with Gasteiger partial charge in [-0.3, -0.25) is 0 Å². The van der Waals surface area contributed by atoms with Crippen molar-refractivity contribution in [3.05, 3.63) is 18.1 Å². The summed E-state index contributed by atoms with van der Waals surface area (Å²) in [5.74, 6) is 1.20. The first kappa shape index (κ1) is 9.67. The first-order valence-electron chi connectivity index (χ1n) is 4.91. The molecule has 0 spiro atoms. The third kappa shape index (κ3) is 1.80. The van der Waals surface area contributed by atoms with Crippen LogP contribution in [0.5, 0.6) is 0 Å². The monoisotopic (exact) mass is 207 g/mol. The Balaban J connectivity index is 2.05. The van der Waals surface area contributed by atoms with Crippen molar-refractivity contribution in [1.82, 2.24) is 0 Å². The Labute approximate surface area is 88.3 Å². The highest BCUT2D eigenvalue weighted by atomic mass is 32.2. The molecular formula is C11H13NOS. The molecule has 2 rings (SSSR count). The van der Waals surface area contributed by atoms with Crippen LogP contribution in [0.1, 0.15) is 25.0 Å². The second-order valence-corrected chi connectivity index (χ2v) is 4.94. The highest BCUT2D eigenvalue weighted by Crippen LogP contribution is 2.39. The van der Waals surface area contributed by atoms with Gasteiger partial charge in [0.2, 0.25) is 0 Å². The molecule has 1 aliphatic rings. The van der Waals surface area contributed by atoms with E-state index in [0.29, 0.717) is 5.25 Å². The van der Waals surface area contributed by atoms with Gasteiger partial charge in [0.25, 0.3) is 0 Å². The van der Waals surface area contributed by atoms with Gasteiger partial charge in [-0.2, -0.15) is 5.26 Å². The molecule has 74 valence electrons. The average Bonchev–Trinajstić information content (AvgIpc) is 2.77. The lowest BCUT2D eigenvalue weighted by Crippen LogP contribution is -2.07. The first-order chi connectivity index (χ1) is 6.81. The summed E-state index contributed by atoms with van der Waals surface area (Å²) in [7, 11) is 0. The van der Waals surface area contributed by atoms with E-state index < -0.39 is 0 Å². The van der Waals surface area contributed by atoms with Crippen LogP contribution in [0.25, 0.3) is 0 Å². The van der Waals surface area contributed by atoms with Gasteiger partial charge in [-0.1, -0.05) is 6.42 Å². The number of furan rings is 1. The number of nitriles is 1. The topological polar surface area (TPSA) is 36.9 Å². The molecule has 0 radical (unpaired) electrons. The van der Waals surface area contributed by atoms with Crippen LogP contribution >= 0.6 is 11.8 Å². The number of aryl methyl sites for hydroxylation is 1. The zero-order valence-corrected chi connectivity index (χ0v) is 9.01. The summed E-state index contributed by atoms with van der Waals surface area (Å²) >= 11 is 1.80. The number of hydrogen-bond acceptors (Lipinski definition) is 3. The molecule has 1 aliphatic carbocycles. The zero-order valence-electron chi connectivity index (χ0n) is 8.19. The van der Waals surface area contributed by atoms with Crippen molar-refractivity contribution in [3.63, 3.8) is 0 Å². The summed E-state index contributed by atoms with van der Waals surface area (Å²) in [5.41, 5.74) is 0. The second-order valence-electron chi connectivity index (χ2n) is 3.66. The summed E-state index contributed by atoms with van der Waals surface area (Å²) in [4.78, 5) is 1.19. The molecule has 1 fully saturated rings. The normalized spacial score (nSPS) is 26.3. The molecule has 1 aromatic rings. The Bertz CT molecular complexity index is 352. The largest absolute Gasteiger partial charge is 0.468 e. The van der Waals surface area contributed by atoms with Gasteiger partial charge in [-0.25, -0.2) is 0 Å². The lowest BCUT2D eigenvalue weighted by Gasteiger charge is -2.11. The van der Waals surface area contributed by atoms with Gasteiger partial charge in [0.05, 0.1) is 18.3 Å². The maximum atomic E-state index is 8.95. The van der Waals surface area contributed by atoms with Gasteiger partial charge >= 0.3 is 0 Å². The lowest BCUT2D eigenvalue weighted by atomic mass is 10.1. The molecule has 2 atom stereocenters. The van der Waals surface area contributed by atoms with E-state index in [1.807, 2.05) is 13.0 Å². The molecule has 1 saturated carbocycles. The summed E-state index contributed by atoms with van der Waals surface area (Å²) in [5, 5.41) is 9.42. The SMILES string of the molecule is Cc1occc1SC1CCCC1C#N. The van der Waals surface area contributed by atoms with Crippen LogP contribution in [0.15, 0.2) is 21.6 Å². The zero-order chi connectivity index (χ0) is 9.97. The van der Waals surface area contributed by atoms with Gasteiger partial charge in [0, 0.05) is 10.1 Å². The Morgan fingerprint density at radius 2 is 2.43 bits per heavy atom. The van der Waals surface area contributed by atoms with E-state index in [9.17, 15) is 0 Å². The van der Waals surface area contributed by atoms with Crippen LogP contribution in [0.3, 0.4) is 0 Å². The van der Waals surface area contributed by atoms with Crippen molar-refractivity contribution in [1.29, 1.82) is 5.26 Å². The maximum absolute atomic E-state index is 8.95. The Hall–Kier alpha value is -0.880. The molecule has 0 N–H and O–H groups in total. The van der Waals surface area contributed by atoms with Crippen LogP contribution < -0.4 is 0 Å². The molecule has 3 heteroatoms. The van der Waals surface area contributed by atoms with E-state index in [1.54, 1.807) is 18.0 Å². The number of thioether (sulfide) groups is 1. The minimum Gasteiger partial charge on any atom is -0.468 e. The summed E-state index contributed by atoms with van der Waals surface area (Å²) in [6.07, 6.45) is 5.12. The van der Waals surface area contributed by atoms with Crippen LogP contribution in [0.4, 0.5) is 0 Å². The fourth-order valence-corrected chi connectivity index (χ4v) is 3.19. The minimum absolute atomic E-state index is 0.231. The molecule has 0 aromatic carbocycles. The molecule has 0 amide bonds. The Morgan fingerprint density at radius 1 is 1.57 bits per heavy atom. The molecule has 0 aliphatic heterocycles. The van der Waals surface area contributed by atoms with E-state index in [1.165, 1.54) is 11.3 Å². The summed E-state index contributed by atoms with van der Waals surface area (Å²) in [6.45, 7) is 1.97. The lowest BCUT2D eigenvalue weighted by molar-refractivity contribution is 0.526. The molecule has 1 heterocycles. The van der Waals surface area contributed by atoms with Crippen molar-refractivity contribution in [2.75, 3.05) is 0 Å². The van der Waals surface area contributed by atoms with Crippen molar-refractivity contribution in [3.8, 4) is 6.07 Å². The predicted octanol–water partition coefficient (Wildman–Crippen LogP) is 3.37. The standard InChI is InChI=1S/C11H13NOS/c1-8-10(5-6-13-8)14-11-4-2-3-9(11)7-12/h5-6,9,11H,2-4H2,1H3. The highest BCUT2D eigenvalue weighted by molar-refractivity contribution is 8.00. The van der Waals surface area contributed by atoms with E-state index in [2.05, 4.69) is 6.07 Å². The number of rotatable bonds is 2. The molecule has 2 unspecified atom stereocenters. The van der Waals surface area contributed by atoms with E-state index >= 15 is 0 Å². The van der Waals surface area contributed by atoms with Crippen LogP contribution in [0.2, 0.25) is 0 Å². The van der Waals surface area contributed by atoms with Crippen LogP contribution in [-0.4, -0.2) is 5.25 Å². The molecule has 1 aromatic heterocycles.